The summed E-state index contributed by atoms with van der Waals surface area (Å²) >= 11 is 0. The summed E-state index contributed by atoms with van der Waals surface area (Å²) in [6, 6.07) is 8.81. The molecule has 8 nitrogen and oxygen atoms in total. The predicted molar refractivity (Wildman–Crippen MR) is 150 cm³/mol. The van der Waals surface area contributed by atoms with Crippen molar-refractivity contribution in [2.75, 3.05) is 57.1 Å². The van der Waals surface area contributed by atoms with Crippen molar-refractivity contribution >= 4 is 35.8 Å². The molecule has 2 aliphatic heterocycles. The van der Waals surface area contributed by atoms with Gasteiger partial charge in [0, 0.05) is 30.9 Å². The number of rotatable bonds is 8. The van der Waals surface area contributed by atoms with E-state index in [1.807, 2.05) is 4.90 Å². The summed E-state index contributed by atoms with van der Waals surface area (Å²) in [5.41, 5.74) is 3.85. The predicted octanol–water partition coefficient (Wildman–Crippen LogP) is 4.82. The molecule has 9 heteroatoms. The van der Waals surface area contributed by atoms with Crippen LogP contribution in [-0.2, 0) is 11.3 Å². The molecule has 1 N–H and O–H groups in total. The quantitative estimate of drug-likeness (QED) is 0.526. The SMILES string of the molecule is C[C@@H]1CN(c2nc(Nc3ccc(C4CCCCC4)cc3)c3c(n2)C(=O)N(CCCN(C)C)C3)CCO1.Cl. The van der Waals surface area contributed by atoms with Crippen LogP contribution in [0.15, 0.2) is 24.3 Å². The van der Waals surface area contributed by atoms with Gasteiger partial charge in [0.2, 0.25) is 5.95 Å². The number of benzene rings is 1. The molecule has 2 aromatic rings. The minimum absolute atomic E-state index is 0. The number of hydrogen-bond acceptors (Lipinski definition) is 7. The van der Waals surface area contributed by atoms with Gasteiger partial charge in [-0.25, -0.2) is 4.98 Å². The lowest BCUT2D eigenvalue weighted by molar-refractivity contribution is 0.0526. The number of carbonyl (C=O) groups is 1. The van der Waals surface area contributed by atoms with Crippen molar-refractivity contribution < 1.29 is 9.53 Å². The van der Waals surface area contributed by atoms with E-state index in [1.54, 1.807) is 0 Å². The van der Waals surface area contributed by atoms with Crippen LogP contribution in [-0.4, -0.2) is 78.7 Å². The third-order valence-electron chi connectivity index (χ3n) is 7.64. The molecule has 1 aromatic heterocycles. The van der Waals surface area contributed by atoms with Crippen LogP contribution in [0, 0.1) is 0 Å². The minimum Gasteiger partial charge on any atom is -0.375 e. The topological polar surface area (TPSA) is 73.8 Å². The number of aromatic nitrogens is 2. The zero-order valence-electron chi connectivity index (χ0n) is 22.4. The van der Waals surface area contributed by atoms with Gasteiger partial charge in [-0.15, -0.1) is 12.4 Å². The first-order chi connectivity index (χ1) is 17.5. The fourth-order valence-corrected chi connectivity index (χ4v) is 5.63. The molecule has 1 aromatic carbocycles. The van der Waals surface area contributed by atoms with E-state index in [1.165, 1.54) is 37.7 Å². The first-order valence-corrected chi connectivity index (χ1v) is 13.6. The second-order valence-electron chi connectivity index (χ2n) is 10.8. The molecular formula is C28H41ClN6O2. The zero-order chi connectivity index (χ0) is 25.1. The van der Waals surface area contributed by atoms with E-state index in [9.17, 15) is 4.79 Å². The lowest BCUT2D eigenvalue weighted by Gasteiger charge is -2.31. The van der Waals surface area contributed by atoms with Gasteiger partial charge in [-0.3, -0.25) is 4.79 Å². The maximum atomic E-state index is 13.3. The van der Waals surface area contributed by atoms with Crippen LogP contribution in [0.5, 0.6) is 0 Å². The third-order valence-corrected chi connectivity index (χ3v) is 7.64. The molecule has 0 unspecified atom stereocenters. The molecule has 0 spiro atoms. The van der Waals surface area contributed by atoms with Crippen molar-refractivity contribution in [3.8, 4) is 0 Å². The Morgan fingerprint density at radius 2 is 1.86 bits per heavy atom. The molecule has 1 saturated heterocycles. The number of nitrogens with one attached hydrogen (secondary N) is 1. The van der Waals surface area contributed by atoms with Gasteiger partial charge in [0.05, 0.1) is 19.3 Å². The fraction of sp³-hybridized carbons (Fsp3) is 0.607. The van der Waals surface area contributed by atoms with Crippen molar-refractivity contribution in [3.63, 3.8) is 0 Å². The highest BCUT2D eigenvalue weighted by atomic mass is 35.5. The fourth-order valence-electron chi connectivity index (χ4n) is 5.63. The molecule has 2 fully saturated rings. The van der Waals surface area contributed by atoms with E-state index < -0.39 is 0 Å². The standard InChI is InChI=1S/C28H40N6O2.ClH/c1-20-18-34(16-17-36-20)28-30-25-24(19-33(27(25)35)15-7-14-32(2)3)26(31-28)29-23-12-10-22(11-13-23)21-8-5-4-6-9-21;/h10-13,20-21H,4-9,14-19H2,1-3H3,(H,29,30,31);1H/t20-;/m1./s1. The number of fused-ring (bicyclic) bond motifs is 1. The van der Waals surface area contributed by atoms with Gasteiger partial charge >= 0.3 is 0 Å². The highest BCUT2D eigenvalue weighted by Gasteiger charge is 2.34. The van der Waals surface area contributed by atoms with Crippen LogP contribution in [0.2, 0.25) is 0 Å². The number of hydrogen-bond donors (Lipinski definition) is 1. The Balaban J connectivity index is 0.00000320. The second-order valence-corrected chi connectivity index (χ2v) is 10.8. The molecular weight excluding hydrogens is 488 g/mol. The average Bonchev–Trinajstić information content (AvgIpc) is 3.20. The molecule has 1 saturated carbocycles. The molecule has 3 heterocycles. The summed E-state index contributed by atoms with van der Waals surface area (Å²) in [5.74, 6) is 2.03. The van der Waals surface area contributed by atoms with Gasteiger partial charge in [0.15, 0.2) is 0 Å². The van der Waals surface area contributed by atoms with E-state index in [4.69, 9.17) is 14.7 Å². The van der Waals surface area contributed by atoms with Gasteiger partial charge in [-0.1, -0.05) is 31.4 Å². The molecule has 0 radical (unpaired) electrons. The van der Waals surface area contributed by atoms with Crippen LogP contribution < -0.4 is 10.2 Å². The van der Waals surface area contributed by atoms with E-state index in [0.717, 1.165) is 43.1 Å². The molecule has 0 bridgehead atoms. The largest absolute Gasteiger partial charge is 0.375 e. The lowest BCUT2D eigenvalue weighted by atomic mass is 9.84. The summed E-state index contributed by atoms with van der Waals surface area (Å²) in [5, 5.41) is 3.54. The maximum absolute atomic E-state index is 13.3. The second kappa shape index (κ2) is 12.4. The molecule has 5 rings (SSSR count). The Morgan fingerprint density at radius 1 is 1.11 bits per heavy atom. The highest BCUT2D eigenvalue weighted by Crippen LogP contribution is 2.35. The van der Waals surface area contributed by atoms with Crippen molar-refractivity contribution in [1.29, 1.82) is 0 Å². The van der Waals surface area contributed by atoms with Gasteiger partial charge in [0.25, 0.3) is 5.91 Å². The molecule has 202 valence electrons. The number of morpholine rings is 1. The van der Waals surface area contributed by atoms with Gasteiger partial charge < -0.3 is 24.8 Å². The van der Waals surface area contributed by atoms with Gasteiger partial charge in [-0.05, 0) is 70.4 Å². The monoisotopic (exact) mass is 528 g/mol. The summed E-state index contributed by atoms with van der Waals surface area (Å²) in [7, 11) is 4.12. The Morgan fingerprint density at radius 3 is 2.57 bits per heavy atom. The Labute approximate surface area is 227 Å². The Hall–Kier alpha value is -2.42. The molecule has 37 heavy (non-hydrogen) atoms. The summed E-state index contributed by atoms with van der Waals surface area (Å²) in [6.45, 7) is 6.34. The molecule has 3 aliphatic rings. The third kappa shape index (κ3) is 6.54. The average molecular weight is 529 g/mol. The highest BCUT2D eigenvalue weighted by molar-refractivity contribution is 5.98. The summed E-state index contributed by atoms with van der Waals surface area (Å²) < 4.78 is 5.72. The van der Waals surface area contributed by atoms with Crippen LogP contribution in [0.25, 0.3) is 0 Å². The number of carbonyl (C=O) groups excluding carboxylic acids is 1. The molecule has 1 amide bonds. The van der Waals surface area contributed by atoms with E-state index >= 15 is 0 Å². The van der Waals surface area contributed by atoms with Crippen LogP contribution in [0.4, 0.5) is 17.5 Å². The van der Waals surface area contributed by atoms with Crippen molar-refractivity contribution in [2.45, 2.75) is 64.0 Å². The van der Waals surface area contributed by atoms with Crippen molar-refractivity contribution in [3.05, 3.63) is 41.1 Å². The Bertz CT molecular complexity index is 1060. The minimum atomic E-state index is 0. The number of amides is 1. The first-order valence-electron chi connectivity index (χ1n) is 13.6. The van der Waals surface area contributed by atoms with Crippen LogP contribution in [0.1, 0.15) is 73.0 Å². The van der Waals surface area contributed by atoms with E-state index in [0.29, 0.717) is 37.3 Å². The van der Waals surface area contributed by atoms with Crippen molar-refractivity contribution in [2.24, 2.45) is 0 Å². The summed E-state index contributed by atoms with van der Waals surface area (Å²) in [4.78, 5) is 29.3. The van der Waals surface area contributed by atoms with Crippen LogP contribution in [0.3, 0.4) is 0 Å². The van der Waals surface area contributed by atoms with Gasteiger partial charge in [-0.2, -0.15) is 4.98 Å². The zero-order valence-corrected chi connectivity index (χ0v) is 23.2. The van der Waals surface area contributed by atoms with Gasteiger partial charge in [0.1, 0.15) is 11.5 Å². The summed E-state index contributed by atoms with van der Waals surface area (Å²) in [6.07, 6.45) is 7.65. The van der Waals surface area contributed by atoms with E-state index in [2.05, 4.69) is 60.4 Å². The van der Waals surface area contributed by atoms with E-state index in [-0.39, 0.29) is 24.4 Å². The van der Waals surface area contributed by atoms with Crippen molar-refractivity contribution in [1.82, 2.24) is 19.8 Å². The normalized spacial score (nSPS) is 20.2. The lowest BCUT2D eigenvalue weighted by Crippen LogP contribution is -2.42. The number of halogens is 1. The molecule has 1 atom stereocenters. The maximum Gasteiger partial charge on any atom is 0.273 e. The number of nitrogens with zero attached hydrogens (tertiary/aromatic N) is 5. The van der Waals surface area contributed by atoms with Crippen LogP contribution >= 0.6 is 12.4 Å². The first kappa shape index (κ1) is 27.6. The smallest absolute Gasteiger partial charge is 0.273 e. The number of ether oxygens (including phenoxy) is 1. The molecule has 1 aliphatic carbocycles. The number of anilines is 3. The Kier molecular flexibility index (Phi) is 9.27.